The van der Waals surface area contributed by atoms with Crippen LogP contribution in [0.4, 0.5) is 0 Å². The van der Waals surface area contributed by atoms with Crippen molar-refractivity contribution in [2.45, 2.75) is 20.3 Å². The van der Waals surface area contributed by atoms with Gasteiger partial charge >= 0.3 is 5.97 Å². The van der Waals surface area contributed by atoms with Gasteiger partial charge in [-0.05, 0) is 30.5 Å². The van der Waals surface area contributed by atoms with Crippen LogP contribution >= 0.6 is 11.3 Å². The van der Waals surface area contributed by atoms with Crippen LogP contribution in [-0.4, -0.2) is 18.1 Å². The van der Waals surface area contributed by atoms with Crippen molar-refractivity contribution in [2.24, 2.45) is 0 Å². The Kier molecular flexibility index (Phi) is 4.69. The summed E-state index contributed by atoms with van der Waals surface area (Å²) in [6.07, 6.45) is 2.82. The van der Waals surface area contributed by atoms with Crippen LogP contribution in [0.2, 0.25) is 0 Å². The van der Waals surface area contributed by atoms with Gasteiger partial charge in [0.2, 0.25) is 0 Å². The first-order valence-electron chi connectivity index (χ1n) is 6.45. The second kappa shape index (κ2) is 6.48. The van der Waals surface area contributed by atoms with Gasteiger partial charge in [0, 0.05) is 11.1 Å². The van der Waals surface area contributed by atoms with Crippen LogP contribution in [0.15, 0.2) is 29.6 Å². The summed E-state index contributed by atoms with van der Waals surface area (Å²) in [6.45, 7) is 4.02. The minimum absolute atomic E-state index is 0.362. The molecular formula is C16H17NO2S. The van der Waals surface area contributed by atoms with Gasteiger partial charge in [-0.3, -0.25) is 0 Å². The van der Waals surface area contributed by atoms with Crippen LogP contribution in [-0.2, 0) is 16.0 Å². The lowest BCUT2D eigenvalue weighted by Gasteiger charge is -2.03. The van der Waals surface area contributed by atoms with Crippen LogP contribution in [0.3, 0.4) is 0 Å². The molecule has 4 heteroatoms. The van der Waals surface area contributed by atoms with Crippen molar-refractivity contribution in [2.75, 3.05) is 7.11 Å². The third-order valence-corrected chi connectivity index (χ3v) is 3.95. The highest BCUT2D eigenvalue weighted by atomic mass is 32.1. The first-order valence-corrected chi connectivity index (χ1v) is 7.33. The zero-order valence-corrected chi connectivity index (χ0v) is 12.7. The van der Waals surface area contributed by atoms with Gasteiger partial charge in [-0.15, -0.1) is 11.3 Å². The predicted molar refractivity (Wildman–Crippen MR) is 82.6 cm³/mol. The second-order valence-corrected chi connectivity index (χ2v) is 5.30. The summed E-state index contributed by atoms with van der Waals surface area (Å²) in [5.41, 5.74) is 3.64. The zero-order valence-electron chi connectivity index (χ0n) is 11.8. The van der Waals surface area contributed by atoms with E-state index >= 15 is 0 Å². The summed E-state index contributed by atoms with van der Waals surface area (Å²) in [7, 11) is 1.39. The lowest BCUT2D eigenvalue weighted by atomic mass is 10.1. The molecular weight excluding hydrogens is 270 g/mol. The quantitative estimate of drug-likeness (QED) is 0.635. The van der Waals surface area contributed by atoms with Crippen molar-refractivity contribution >= 4 is 29.0 Å². The number of benzene rings is 1. The molecule has 0 saturated carbocycles. The Morgan fingerprint density at radius 2 is 2.05 bits per heavy atom. The number of esters is 1. The van der Waals surface area contributed by atoms with E-state index < -0.39 is 0 Å². The fourth-order valence-electron chi connectivity index (χ4n) is 1.81. The van der Waals surface area contributed by atoms with Gasteiger partial charge in [-0.2, -0.15) is 0 Å². The lowest BCUT2D eigenvalue weighted by Crippen LogP contribution is -2.03. The van der Waals surface area contributed by atoms with Crippen LogP contribution in [0.25, 0.3) is 11.6 Å². The summed E-state index contributed by atoms with van der Waals surface area (Å²) >= 11 is 1.45. The van der Waals surface area contributed by atoms with Crippen molar-refractivity contribution in [1.29, 1.82) is 0 Å². The molecule has 0 N–H and O–H groups in total. The molecule has 1 aromatic carbocycles. The van der Waals surface area contributed by atoms with Crippen molar-refractivity contribution in [3.63, 3.8) is 0 Å². The summed E-state index contributed by atoms with van der Waals surface area (Å²) in [5, 5.41) is 2.61. The molecule has 0 bridgehead atoms. The molecule has 0 saturated heterocycles. The molecule has 0 radical (unpaired) electrons. The van der Waals surface area contributed by atoms with Gasteiger partial charge in [-0.25, -0.2) is 9.78 Å². The van der Waals surface area contributed by atoms with E-state index in [2.05, 4.69) is 24.0 Å². The number of thiazole rings is 1. The van der Waals surface area contributed by atoms with Crippen molar-refractivity contribution in [3.05, 3.63) is 51.5 Å². The second-order valence-electron chi connectivity index (χ2n) is 4.44. The summed E-state index contributed by atoms with van der Waals surface area (Å²) in [6, 6.07) is 8.13. The molecule has 1 heterocycles. The van der Waals surface area contributed by atoms with Crippen LogP contribution < -0.4 is 0 Å². The summed E-state index contributed by atoms with van der Waals surface area (Å²) in [5.74, 6) is -0.362. The Bertz CT molecular complexity index is 626. The third-order valence-electron chi connectivity index (χ3n) is 2.95. The van der Waals surface area contributed by atoms with Gasteiger partial charge in [0.05, 0.1) is 12.7 Å². The number of ether oxygens (including phenoxy) is 1. The van der Waals surface area contributed by atoms with Gasteiger partial charge in [0.25, 0.3) is 0 Å². The Labute approximate surface area is 122 Å². The van der Waals surface area contributed by atoms with E-state index in [0.29, 0.717) is 10.6 Å². The molecule has 2 rings (SSSR count). The molecule has 20 heavy (non-hydrogen) atoms. The Hall–Kier alpha value is -1.94. The highest BCUT2D eigenvalue weighted by molar-refractivity contribution is 7.11. The fourth-order valence-corrected chi connectivity index (χ4v) is 2.61. The first kappa shape index (κ1) is 14.5. The van der Waals surface area contributed by atoms with Gasteiger partial charge in [0.1, 0.15) is 5.01 Å². The number of nitrogens with zero attached hydrogens (tertiary/aromatic N) is 1. The van der Waals surface area contributed by atoms with Crippen molar-refractivity contribution in [1.82, 2.24) is 4.98 Å². The van der Waals surface area contributed by atoms with E-state index in [1.54, 1.807) is 0 Å². The summed E-state index contributed by atoms with van der Waals surface area (Å²) < 4.78 is 4.85. The average molecular weight is 287 g/mol. The average Bonchev–Trinajstić information content (AvgIpc) is 2.91. The minimum Gasteiger partial charge on any atom is -0.465 e. The number of methoxy groups -OCH3 is 1. The highest BCUT2D eigenvalue weighted by Crippen LogP contribution is 2.23. The minimum atomic E-state index is -0.362. The lowest BCUT2D eigenvalue weighted by molar-refractivity contribution is -0.133. The molecule has 0 unspecified atom stereocenters. The largest absolute Gasteiger partial charge is 0.465 e. The smallest absolute Gasteiger partial charge is 0.340 e. The number of carbonyl (C=O) groups excluding carboxylic acids is 1. The zero-order chi connectivity index (χ0) is 14.5. The molecule has 1 aromatic heterocycles. The van der Waals surface area contributed by atoms with Crippen LogP contribution in [0.1, 0.15) is 28.8 Å². The van der Waals surface area contributed by atoms with E-state index in [1.807, 2.05) is 30.5 Å². The van der Waals surface area contributed by atoms with Crippen LogP contribution in [0, 0.1) is 6.92 Å². The van der Waals surface area contributed by atoms with E-state index in [4.69, 9.17) is 4.74 Å². The normalized spacial score (nSPS) is 11.4. The van der Waals surface area contributed by atoms with Gasteiger partial charge in [0.15, 0.2) is 0 Å². The first-order chi connectivity index (χ1) is 9.63. The van der Waals surface area contributed by atoms with E-state index in [-0.39, 0.29) is 5.97 Å². The van der Waals surface area contributed by atoms with E-state index in [0.717, 1.165) is 17.7 Å². The highest BCUT2D eigenvalue weighted by Gasteiger charge is 2.15. The maximum Gasteiger partial charge on any atom is 0.340 e. The molecule has 0 atom stereocenters. The van der Waals surface area contributed by atoms with Crippen molar-refractivity contribution < 1.29 is 9.53 Å². The molecule has 3 nitrogen and oxygen atoms in total. The summed E-state index contributed by atoms with van der Waals surface area (Å²) in [4.78, 5) is 16.3. The maximum atomic E-state index is 11.9. The van der Waals surface area contributed by atoms with Gasteiger partial charge < -0.3 is 4.74 Å². The number of hydrogen-bond acceptors (Lipinski definition) is 4. The molecule has 0 amide bonds. The molecule has 0 aliphatic carbocycles. The maximum absolute atomic E-state index is 11.9. The molecule has 0 fully saturated rings. The molecule has 2 aromatic rings. The van der Waals surface area contributed by atoms with E-state index in [1.165, 1.54) is 24.0 Å². The number of aromatic nitrogens is 1. The Balaban J connectivity index is 2.39. The topological polar surface area (TPSA) is 39.2 Å². The predicted octanol–water partition coefficient (Wildman–Crippen LogP) is 3.73. The number of carbonyl (C=O) groups is 1. The molecule has 0 spiro atoms. The number of aryl methyl sites for hydroxylation is 2. The monoisotopic (exact) mass is 287 g/mol. The Morgan fingerprint density at radius 1 is 1.35 bits per heavy atom. The molecule has 104 valence electrons. The van der Waals surface area contributed by atoms with Crippen molar-refractivity contribution in [3.8, 4) is 0 Å². The number of hydrogen-bond donors (Lipinski definition) is 0. The van der Waals surface area contributed by atoms with Crippen LogP contribution in [0.5, 0.6) is 0 Å². The molecule has 0 aliphatic heterocycles. The third kappa shape index (κ3) is 3.33. The van der Waals surface area contributed by atoms with Gasteiger partial charge in [-0.1, -0.05) is 31.2 Å². The molecule has 0 aliphatic rings. The fraction of sp³-hybridized carbons (Fsp3) is 0.250. The number of rotatable bonds is 4. The Morgan fingerprint density at radius 3 is 2.55 bits per heavy atom. The van der Waals surface area contributed by atoms with E-state index in [9.17, 15) is 4.79 Å². The standard InChI is InChI=1S/C16H17NO2S/c1-4-12-5-7-13(8-6-12)9-14(16(18)19-3)15-17-11(2)10-20-15/h5-10H,4H2,1-3H3/b14-9-. The SMILES string of the molecule is CCc1ccc(/C=C(\C(=O)OC)c2nc(C)cs2)cc1.